The maximum Gasteiger partial charge on any atom is 0.312 e. The van der Waals surface area contributed by atoms with Crippen molar-refractivity contribution in [1.82, 2.24) is 4.90 Å². The molecule has 1 amide bonds. The lowest BCUT2D eigenvalue weighted by atomic mass is 10.1. The number of ether oxygens (including phenoxy) is 1. The summed E-state index contributed by atoms with van der Waals surface area (Å²) in [5.41, 5.74) is 1.10. The molecule has 2 atom stereocenters. The lowest BCUT2D eigenvalue weighted by molar-refractivity contribution is -0.146. The molecule has 3 rings (SSSR count). The summed E-state index contributed by atoms with van der Waals surface area (Å²) >= 11 is 11.7. The van der Waals surface area contributed by atoms with Crippen molar-refractivity contribution in [1.29, 1.82) is 0 Å². The van der Waals surface area contributed by atoms with Crippen LogP contribution >= 0.6 is 23.2 Å². The van der Waals surface area contributed by atoms with Crippen molar-refractivity contribution in [3.8, 4) is 0 Å². The molecule has 0 bridgehead atoms. The highest BCUT2D eigenvalue weighted by molar-refractivity contribution is 6.52. The van der Waals surface area contributed by atoms with E-state index in [0.29, 0.717) is 25.9 Å². The Morgan fingerprint density at radius 2 is 2.00 bits per heavy atom. The predicted molar refractivity (Wildman–Crippen MR) is 83.5 cm³/mol. The Bertz CT molecular complexity index is 576. The quantitative estimate of drug-likeness (QED) is 0.611. The summed E-state index contributed by atoms with van der Waals surface area (Å²) < 4.78 is 4.29. The van der Waals surface area contributed by atoms with Gasteiger partial charge in [0.1, 0.15) is 4.33 Å². The average molecular weight is 342 g/mol. The zero-order chi connectivity index (χ0) is 15.7. The molecule has 1 aromatic carbocycles. The topological polar surface area (TPSA) is 46.6 Å². The van der Waals surface area contributed by atoms with Crippen LogP contribution in [0, 0.1) is 11.8 Å². The summed E-state index contributed by atoms with van der Waals surface area (Å²) in [7, 11) is 0. The van der Waals surface area contributed by atoms with Gasteiger partial charge in [0.25, 0.3) is 0 Å². The van der Waals surface area contributed by atoms with Gasteiger partial charge in [-0.3, -0.25) is 9.59 Å². The van der Waals surface area contributed by atoms with E-state index in [-0.39, 0.29) is 24.4 Å². The smallest absolute Gasteiger partial charge is 0.312 e. The van der Waals surface area contributed by atoms with E-state index in [1.807, 2.05) is 30.3 Å². The third-order valence-corrected chi connectivity index (χ3v) is 4.92. The standard InChI is InChI=1S/C16H17Cl2NO3/c17-16(18)7-13(16)15(21)22-10-12-6-14(20)19(9-12)8-11-4-2-1-3-5-11/h1-5,12-13H,6-10H2/t12-,13-/m1/s1. The third kappa shape index (κ3) is 3.55. The Morgan fingerprint density at radius 1 is 1.32 bits per heavy atom. The van der Waals surface area contributed by atoms with Gasteiger partial charge in [-0.1, -0.05) is 30.3 Å². The zero-order valence-corrected chi connectivity index (χ0v) is 13.5. The number of hydrogen-bond acceptors (Lipinski definition) is 3. The highest BCUT2D eigenvalue weighted by Gasteiger charge is 2.57. The number of carbonyl (C=O) groups is 2. The number of amides is 1. The molecule has 0 radical (unpaired) electrons. The zero-order valence-electron chi connectivity index (χ0n) is 12.0. The van der Waals surface area contributed by atoms with E-state index in [1.165, 1.54) is 0 Å². The van der Waals surface area contributed by atoms with Gasteiger partial charge >= 0.3 is 5.97 Å². The third-order valence-electron chi connectivity index (χ3n) is 4.08. The first-order chi connectivity index (χ1) is 10.5. The van der Waals surface area contributed by atoms with Gasteiger partial charge in [0, 0.05) is 25.4 Å². The van der Waals surface area contributed by atoms with Gasteiger partial charge in [-0.2, -0.15) is 0 Å². The number of esters is 1. The molecule has 22 heavy (non-hydrogen) atoms. The van der Waals surface area contributed by atoms with Gasteiger partial charge in [0.2, 0.25) is 5.91 Å². The lowest BCUT2D eigenvalue weighted by Crippen LogP contribution is -2.25. The van der Waals surface area contributed by atoms with Gasteiger partial charge < -0.3 is 9.64 Å². The Morgan fingerprint density at radius 3 is 2.64 bits per heavy atom. The molecule has 0 unspecified atom stereocenters. The minimum absolute atomic E-state index is 0.0407. The van der Waals surface area contributed by atoms with Crippen LogP contribution in [0.5, 0.6) is 0 Å². The summed E-state index contributed by atoms with van der Waals surface area (Å²) in [6.07, 6.45) is 0.857. The van der Waals surface area contributed by atoms with Crippen LogP contribution in [0.25, 0.3) is 0 Å². The summed E-state index contributed by atoms with van der Waals surface area (Å²) in [5, 5.41) is 0. The van der Waals surface area contributed by atoms with Crippen LogP contribution in [-0.2, 0) is 20.9 Å². The summed E-state index contributed by atoms with van der Waals surface area (Å²) in [4.78, 5) is 25.6. The van der Waals surface area contributed by atoms with Crippen molar-refractivity contribution in [2.45, 2.75) is 23.7 Å². The molecule has 0 N–H and O–H groups in total. The predicted octanol–water partition coefficient (Wildman–Crippen LogP) is 2.77. The normalized spacial score (nSPS) is 26.1. The highest BCUT2D eigenvalue weighted by atomic mass is 35.5. The molecule has 1 saturated heterocycles. The van der Waals surface area contributed by atoms with E-state index in [2.05, 4.69) is 0 Å². The number of nitrogens with zero attached hydrogens (tertiary/aromatic N) is 1. The van der Waals surface area contributed by atoms with E-state index in [4.69, 9.17) is 27.9 Å². The number of hydrogen-bond donors (Lipinski definition) is 0. The van der Waals surface area contributed by atoms with E-state index in [9.17, 15) is 9.59 Å². The van der Waals surface area contributed by atoms with Crippen LogP contribution in [-0.4, -0.2) is 34.3 Å². The minimum Gasteiger partial charge on any atom is -0.465 e. The number of likely N-dealkylation sites (tertiary alicyclic amines) is 1. The first-order valence-electron chi connectivity index (χ1n) is 7.32. The molecule has 1 saturated carbocycles. The molecule has 1 aliphatic heterocycles. The second-order valence-corrected chi connectivity index (χ2v) is 7.52. The van der Waals surface area contributed by atoms with E-state index >= 15 is 0 Å². The van der Waals surface area contributed by atoms with E-state index in [0.717, 1.165) is 5.56 Å². The van der Waals surface area contributed by atoms with Crippen molar-refractivity contribution < 1.29 is 14.3 Å². The fourth-order valence-corrected chi connectivity index (χ4v) is 3.18. The molecule has 6 heteroatoms. The Balaban J connectivity index is 1.47. The van der Waals surface area contributed by atoms with Crippen molar-refractivity contribution in [3.63, 3.8) is 0 Å². The van der Waals surface area contributed by atoms with Crippen LogP contribution in [0.2, 0.25) is 0 Å². The molecular weight excluding hydrogens is 325 g/mol. The molecule has 1 heterocycles. The van der Waals surface area contributed by atoms with Gasteiger partial charge in [0.05, 0.1) is 12.5 Å². The number of rotatable bonds is 5. The molecule has 0 aromatic heterocycles. The summed E-state index contributed by atoms with van der Waals surface area (Å²) in [6.45, 7) is 1.45. The molecule has 4 nitrogen and oxygen atoms in total. The Labute approximate surface area is 139 Å². The van der Waals surface area contributed by atoms with Crippen LogP contribution in [0.1, 0.15) is 18.4 Å². The van der Waals surface area contributed by atoms with Crippen molar-refractivity contribution >= 4 is 35.1 Å². The van der Waals surface area contributed by atoms with Crippen molar-refractivity contribution in [2.75, 3.05) is 13.2 Å². The molecule has 1 aliphatic carbocycles. The van der Waals surface area contributed by atoms with Crippen LogP contribution in [0.15, 0.2) is 30.3 Å². The Hall–Kier alpha value is -1.26. The molecule has 0 spiro atoms. The fourth-order valence-electron chi connectivity index (χ4n) is 2.69. The van der Waals surface area contributed by atoms with Gasteiger partial charge in [-0.25, -0.2) is 0 Å². The number of carbonyl (C=O) groups excluding carboxylic acids is 2. The van der Waals surface area contributed by atoms with Crippen molar-refractivity contribution in [3.05, 3.63) is 35.9 Å². The van der Waals surface area contributed by atoms with Gasteiger partial charge in [0.15, 0.2) is 0 Å². The molecule has 2 fully saturated rings. The maximum absolute atomic E-state index is 12.0. The second-order valence-electron chi connectivity index (χ2n) is 5.98. The second kappa shape index (κ2) is 6.09. The highest BCUT2D eigenvalue weighted by Crippen LogP contribution is 2.53. The number of alkyl halides is 2. The molecular formula is C16H17Cl2NO3. The molecule has 2 aliphatic rings. The van der Waals surface area contributed by atoms with Crippen LogP contribution in [0.3, 0.4) is 0 Å². The average Bonchev–Trinajstić information content (AvgIpc) is 2.99. The summed E-state index contributed by atoms with van der Waals surface area (Å²) in [5.74, 6) is -0.647. The minimum atomic E-state index is -0.956. The van der Waals surface area contributed by atoms with Crippen LogP contribution in [0.4, 0.5) is 0 Å². The van der Waals surface area contributed by atoms with E-state index < -0.39 is 10.3 Å². The largest absolute Gasteiger partial charge is 0.465 e. The van der Waals surface area contributed by atoms with Gasteiger partial charge in [-0.15, -0.1) is 23.2 Å². The first-order valence-corrected chi connectivity index (χ1v) is 8.07. The van der Waals surface area contributed by atoms with Gasteiger partial charge in [-0.05, 0) is 12.0 Å². The first kappa shape index (κ1) is 15.6. The number of benzene rings is 1. The molecule has 118 valence electrons. The Kier molecular flexibility index (Phi) is 4.33. The van der Waals surface area contributed by atoms with Crippen molar-refractivity contribution in [2.24, 2.45) is 11.8 Å². The number of halogens is 2. The van der Waals surface area contributed by atoms with Crippen LogP contribution < -0.4 is 0 Å². The molecule has 1 aromatic rings. The SMILES string of the molecule is O=C(OC[C@@H]1CC(=O)N(Cc2ccccc2)C1)[C@H]1CC1(Cl)Cl. The fraction of sp³-hybridized carbons (Fsp3) is 0.500. The monoisotopic (exact) mass is 341 g/mol. The summed E-state index contributed by atoms with van der Waals surface area (Å²) in [6, 6.07) is 9.84. The maximum atomic E-state index is 12.0. The van der Waals surface area contributed by atoms with E-state index in [1.54, 1.807) is 4.90 Å². The lowest BCUT2D eigenvalue weighted by Gasteiger charge is -2.16.